The van der Waals surface area contributed by atoms with E-state index in [0.717, 1.165) is 5.57 Å². The molecule has 1 heterocycles. The fourth-order valence-corrected chi connectivity index (χ4v) is 9.27. The van der Waals surface area contributed by atoms with Gasteiger partial charge in [0.1, 0.15) is 0 Å². The number of rotatable bonds is 2. The first-order chi connectivity index (χ1) is 9.24. The Kier molecular flexibility index (Phi) is 5.25. The third kappa shape index (κ3) is 3.30. The maximum atomic E-state index is 6.83. The third-order valence-corrected chi connectivity index (χ3v) is 9.85. The van der Waals surface area contributed by atoms with Gasteiger partial charge in [-0.1, -0.05) is 74.5 Å². The molecule has 21 heavy (non-hydrogen) atoms. The van der Waals surface area contributed by atoms with E-state index in [0.29, 0.717) is 11.8 Å². The van der Waals surface area contributed by atoms with E-state index < -0.39 is 8.56 Å². The van der Waals surface area contributed by atoms with Crippen LogP contribution >= 0.6 is 0 Å². The molecule has 0 bridgehead atoms. The monoisotopic (exact) mass is 312 g/mol. The zero-order valence-corrected chi connectivity index (χ0v) is 16.8. The second kappa shape index (κ2) is 5.82. The molecule has 0 aromatic carbocycles. The summed E-state index contributed by atoms with van der Waals surface area (Å²) in [4.78, 5) is 0. The lowest BCUT2D eigenvalue weighted by molar-refractivity contribution is -0.0694. The van der Waals surface area contributed by atoms with E-state index in [4.69, 9.17) is 8.85 Å². The van der Waals surface area contributed by atoms with Crippen molar-refractivity contribution < 1.29 is 8.85 Å². The van der Waals surface area contributed by atoms with Gasteiger partial charge in [0, 0.05) is 16.0 Å². The SMILES string of the molecule is C=C(C)[C@H]1O[Si](C(C)(C)C)(C(C)(C)C)O[C@@H](C(C)C)[C@@H]1C. The van der Waals surface area contributed by atoms with Crippen LogP contribution in [0.5, 0.6) is 0 Å². The molecule has 0 aliphatic carbocycles. The summed E-state index contributed by atoms with van der Waals surface area (Å²) in [6, 6.07) is 0. The van der Waals surface area contributed by atoms with Crippen LogP contribution in [0.2, 0.25) is 10.1 Å². The van der Waals surface area contributed by atoms with Gasteiger partial charge in [-0.3, -0.25) is 0 Å². The topological polar surface area (TPSA) is 18.5 Å². The van der Waals surface area contributed by atoms with E-state index in [1.165, 1.54) is 0 Å². The Morgan fingerprint density at radius 2 is 1.43 bits per heavy atom. The van der Waals surface area contributed by atoms with Crippen molar-refractivity contribution in [1.82, 2.24) is 0 Å². The minimum Gasteiger partial charge on any atom is -0.390 e. The van der Waals surface area contributed by atoms with Gasteiger partial charge in [0.25, 0.3) is 0 Å². The molecular weight excluding hydrogens is 276 g/mol. The average molecular weight is 313 g/mol. The molecule has 0 N–H and O–H groups in total. The van der Waals surface area contributed by atoms with Crippen molar-refractivity contribution in [1.29, 1.82) is 0 Å². The molecule has 3 heteroatoms. The largest absolute Gasteiger partial charge is 0.390 e. The predicted octanol–water partition coefficient (Wildman–Crippen LogP) is 5.68. The average Bonchev–Trinajstić information content (AvgIpc) is 2.24. The van der Waals surface area contributed by atoms with Crippen LogP contribution in [0.3, 0.4) is 0 Å². The summed E-state index contributed by atoms with van der Waals surface area (Å²) in [5.74, 6) is 0.843. The summed E-state index contributed by atoms with van der Waals surface area (Å²) < 4.78 is 13.6. The predicted molar refractivity (Wildman–Crippen MR) is 93.7 cm³/mol. The summed E-state index contributed by atoms with van der Waals surface area (Å²) >= 11 is 0. The molecule has 1 aliphatic rings. The van der Waals surface area contributed by atoms with Gasteiger partial charge in [-0.25, -0.2) is 0 Å². The highest BCUT2D eigenvalue weighted by Crippen LogP contribution is 2.56. The van der Waals surface area contributed by atoms with Crippen molar-refractivity contribution in [2.24, 2.45) is 11.8 Å². The Morgan fingerprint density at radius 1 is 1.00 bits per heavy atom. The molecule has 0 aromatic heterocycles. The fraction of sp³-hybridized carbons (Fsp3) is 0.889. The molecule has 1 fully saturated rings. The van der Waals surface area contributed by atoms with E-state index in [2.05, 4.69) is 75.8 Å². The lowest BCUT2D eigenvalue weighted by atomic mass is 9.88. The second-order valence-corrected chi connectivity index (χ2v) is 13.9. The highest BCUT2D eigenvalue weighted by molar-refractivity contribution is 6.73. The molecule has 0 aromatic rings. The van der Waals surface area contributed by atoms with Crippen molar-refractivity contribution in [3.8, 4) is 0 Å². The van der Waals surface area contributed by atoms with Crippen LogP contribution in [0.1, 0.15) is 69.2 Å². The van der Waals surface area contributed by atoms with Crippen LogP contribution < -0.4 is 0 Å². The lowest BCUT2D eigenvalue weighted by Crippen LogP contribution is -2.66. The van der Waals surface area contributed by atoms with Crippen molar-refractivity contribution in [3.63, 3.8) is 0 Å². The van der Waals surface area contributed by atoms with Gasteiger partial charge in [0.05, 0.1) is 12.2 Å². The fourth-order valence-electron chi connectivity index (χ4n) is 3.91. The first-order valence-electron chi connectivity index (χ1n) is 8.25. The molecule has 0 radical (unpaired) electrons. The van der Waals surface area contributed by atoms with Gasteiger partial charge in [0.15, 0.2) is 0 Å². The normalized spacial score (nSPS) is 30.5. The summed E-state index contributed by atoms with van der Waals surface area (Å²) in [7, 11) is -2.44. The van der Waals surface area contributed by atoms with Crippen LogP contribution in [-0.2, 0) is 8.85 Å². The van der Waals surface area contributed by atoms with Gasteiger partial charge in [-0.05, 0) is 12.8 Å². The Balaban J connectivity index is 3.42. The zero-order valence-electron chi connectivity index (χ0n) is 15.8. The summed E-state index contributed by atoms with van der Waals surface area (Å²) in [5.41, 5.74) is 1.13. The number of hydrogen-bond acceptors (Lipinski definition) is 2. The Labute approximate surface area is 133 Å². The minimum absolute atomic E-state index is 0.0201. The van der Waals surface area contributed by atoms with E-state index >= 15 is 0 Å². The molecule has 1 rings (SSSR count). The maximum absolute atomic E-state index is 6.83. The lowest BCUT2D eigenvalue weighted by Gasteiger charge is -2.57. The van der Waals surface area contributed by atoms with Crippen molar-refractivity contribution in [3.05, 3.63) is 12.2 Å². The smallest absolute Gasteiger partial charge is 0.350 e. The Bertz CT molecular complexity index is 373. The van der Waals surface area contributed by atoms with Crippen LogP contribution in [-0.4, -0.2) is 20.8 Å². The molecule has 2 nitrogen and oxygen atoms in total. The van der Waals surface area contributed by atoms with E-state index in [1.807, 2.05) is 0 Å². The molecule has 0 amide bonds. The first kappa shape index (κ1) is 18.9. The van der Waals surface area contributed by atoms with Crippen LogP contribution in [0.4, 0.5) is 0 Å². The molecule has 0 spiro atoms. The highest BCUT2D eigenvalue weighted by Gasteiger charge is 2.63. The van der Waals surface area contributed by atoms with Crippen LogP contribution in [0.15, 0.2) is 12.2 Å². The Hall–Kier alpha value is -0.123. The van der Waals surface area contributed by atoms with E-state index in [9.17, 15) is 0 Å². The quantitative estimate of drug-likeness (QED) is 0.482. The van der Waals surface area contributed by atoms with Gasteiger partial charge in [0.2, 0.25) is 0 Å². The van der Waals surface area contributed by atoms with E-state index in [1.54, 1.807) is 0 Å². The summed E-state index contributed by atoms with van der Waals surface area (Å²) in [6.07, 6.45) is 0.349. The molecule has 1 saturated heterocycles. The zero-order chi connectivity index (χ0) is 16.8. The van der Waals surface area contributed by atoms with Crippen LogP contribution in [0, 0.1) is 11.8 Å². The second-order valence-electron chi connectivity index (χ2n) is 9.19. The molecule has 3 atom stereocenters. The first-order valence-corrected chi connectivity index (χ1v) is 10.1. The van der Waals surface area contributed by atoms with Gasteiger partial charge < -0.3 is 8.85 Å². The molecule has 1 aliphatic heterocycles. The molecule has 0 saturated carbocycles. The number of hydrogen-bond donors (Lipinski definition) is 0. The highest BCUT2D eigenvalue weighted by atomic mass is 28.4. The minimum atomic E-state index is -2.44. The van der Waals surface area contributed by atoms with Crippen molar-refractivity contribution in [2.45, 2.75) is 91.5 Å². The van der Waals surface area contributed by atoms with Crippen molar-refractivity contribution in [2.75, 3.05) is 0 Å². The summed E-state index contributed by atoms with van der Waals surface area (Å²) in [5, 5.41) is 0.0401. The molecule has 124 valence electrons. The standard InChI is InChI=1S/C18H36O2Si/c1-12(2)15-14(5)16(13(3)4)20-21(19-15,17(6,7)8)18(9,10)11/h13-16H,1H2,2-11H3/t14-,15-,16+/m1/s1. The third-order valence-electron chi connectivity index (χ3n) is 4.71. The van der Waals surface area contributed by atoms with Gasteiger partial charge >= 0.3 is 8.56 Å². The Morgan fingerprint density at radius 3 is 1.71 bits per heavy atom. The molecule has 0 unspecified atom stereocenters. The van der Waals surface area contributed by atoms with Gasteiger partial charge in [-0.2, -0.15) is 0 Å². The summed E-state index contributed by atoms with van der Waals surface area (Å²) in [6.45, 7) is 26.7. The van der Waals surface area contributed by atoms with Crippen LogP contribution in [0.25, 0.3) is 0 Å². The molecular formula is C18H36O2Si. The van der Waals surface area contributed by atoms with Gasteiger partial charge in [-0.15, -0.1) is 0 Å². The van der Waals surface area contributed by atoms with E-state index in [-0.39, 0.29) is 22.3 Å². The maximum Gasteiger partial charge on any atom is 0.350 e. The van der Waals surface area contributed by atoms with Crippen molar-refractivity contribution >= 4 is 8.56 Å².